The van der Waals surface area contributed by atoms with Crippen LogP contribution < -0.4 is 0 Å². The van der Waals surface area contributed by atoms with E-state index in [0.29, 0.717) is 6.10 Å². The molecule has 0 aromatic rings. The van der Waals surface area contributed by atoms with E-state index in [1.54, 1.807) is 38.5 Å². The Hall–Kier alpha value is -0.120. The molecule has 5 fully saturated rings. The highest BCUT2D eigenvalue weighted by Crippen LogP contribution is 2.61. The minimum absolute atomic E-state index is 0.388. The van der Waals surface area contributed by atoms with Crippen LogP contribution in [0.5, 0.6) is 0 Å². The van der Waals surface area contributed by atoms with Gasteiger partial charge in [-0.25, -0.2) is 0 Å². The summed E-state index contributed by atoms with van der Waals surface area (Å²) in [5, 5.41) is 0. The molecule has 0 aromatic carbocycles. The van der Waals surface area contributed by atoms with Gasteiger partial charge >= 0.3 is 0 Å². The van der Waals surface area contributed by atoms with Crippen LogP contribution in [0, 0.1) is 23.2 Å². The molecule has 3 heteroatoms. The van der Waals surface area contributed by atoms with Crippen molar-refractivity contribution in [3.05, 3.63) is 0 Å². The maximum Gasteiger partial charge on any atom is 0.0518 e. The first-order chi connectivity index (χ1) is 13.6. The highest BCUT2D eigenvalue weighted by Gasteiger charge is 2.50. The molecule has 4 bridgehead atoms. The lowest BCUT2D eigenvalue weighted by molar-refractivity contribution is -0.0622. The third kappa shape index (κ3) is 5.73. The summed E-state index contributed by atoms with van der Waals surface area (Å²) in [5.41, 5.74) is 0.769. The van der Waals surface area contributed by atoms with Crippen molar-refractivity contribution in [3.63, 3.8) is 0 Å². The van der Waals surface area contributed by atoms with Gasteiger partial charge in [0.2, 0.25) is 0 Å². The van der Waals surface area contributed by atoms with E-state index in [2.05, 4.69) is 23.6 Å². The van der Waals surface area contributed by atoms with Crippen molar-refractivity contribution in [2.24, 2.45) is 23.2 Å². The van der Waals surface area contributed by atoms with Gasteiger partial charge in [-0.15, -0.1) is 0 Å². The van der Waals surface area contributed by atoms with Crippen LogP contribution in [0.1, 0.15) is 84.5 Å². The highest BCUT2D eigenvalue weighted by atomic mass is 16.5. The molecule has 1 aliphatic heterocycles. The molecule has 0 aromatic heterocycles. The molecular weight excluding hydrogens is 344 g/mol. The lowest BCUT2D eigenvalue weighted by Gasteiger charge is -2.57. The minimum atomic E-state index is 0.388. The number of hydrogen-bond acceptors (Lipinski definition) is 3. The van der Waals surface area contributed by atoms with Crippen molar-refractivity contribution in [2.75, 3.05) is 45.9 Å². The van der Waals surface area contributed by atoms with E-state index in [1.807, 2.05) is 0 Å². The molecule has 4 saturated carbocycles. The summed E-state index contributed by atoms with van der Waals surface area (Å²) < 4.78 is 5.63. The van der Waals surface area contributed by atoms with Gasteiger partial charge in [-0.3, -0.25) is 0 Å². The Morgan fingerprint density at radius 2 is 1.29 bits per heavy atom. The second-order valence-corrected chi connectivity index (χ2v) is 11.2. The molecule has 5 aliphatic rings. The van der Waals surface area contributed by atoms with Crippen molar-refractivity contribution < 1.29 is 4.74 Å². The summed E-state index contributed by atoms with van der Waals surface area (Å²) in [6.07, 6.45) is 16.7. The van der Waals surface area contributed by atoms with E-state index in [1.165, 1.54) is 71.4 Å². The van der Waals surface area contributed by atoms with Crippen LogP contribution in [0.15, 0.2) is 0 Å². The van der Waals surface area contributed by atoms with E-state index < -0.39 is 0 Å². The van der Waals surface area contributed by atoms with E-state index in [0.717, 1.165) is 29.8 Å². The van der Waals surface area contributed by atoms with E-state index in [-0.39, 0.29) is 0 Å². The van der Waals surface area contributed by atoms with Gasteiger partial charge in [0.15, 0.2) is 0 Å². The fourth-order valence-electron chi connectivity index (χ4n) is 7.34. The lowest BCUT2D eigenvalue weighted by atomic mass is 9.49. The summed E-state index contributed by atoms with van der Waals surface area (Å²) >= 11 is 0. The number of rotatable bonds is 11. The smallest absolute Gasteiger partial charge is 0.0518 e. The van der Waals surface area contributed by atoms with Crippen molar-refractivity contribution in [1.82, 2.24) is 9.80 Å². The summed E-state index contributed by atoms with van der Waals surface area (Å²) in [5.74, 6) is 3.33. The van der Waals surface area contributed by atoms with Crippen LogP contribution in [0.3, 0.4) is 0 Å². The van der Waals surface area contributed by atoms with Crippen molar-refractivity contribution in [1.29, 1.82) is 0 Å². The molecule has 5 rings (SSSR count). The molecule has 3 nitrogen and oxygen atoms in total. The normalized spacial score (nSPS) is 35.9. The van der Waals surface area contributed by atoms with Gasteiger partial charge in [0.05, 0.1) is 6.10 Å². The molecule has 0 amide bonds. The SMILES string of the molecule is CC(C)OCCCCCCN1CCN(CCC23CC4CC(CC(C4)C2)C3)CC1. The average Bonchev–Trinajstić information content (AvgIpc) is 2.65. The molecule has 1 saturated heterocycles. The second kappa shape index (κ2) is 9.79. The molecule has 0 unspecified atom stereocenters. The lowest BCUT2D eigenvalue weighted by Crippen LogP contribution is -2.50. The van der Waals surface area contributed by atoms with E-state index in [4.69, 9.17) is 4.74 Å². The Morgan fingerprint density at radius 3 is 1.86 bits per heavy atom. The summed E-state index contributed by atoms with van der Waals surface area (Å²) in [4.78, 5) is 5.50. The molecular formula is C25H46N2O. The average molecular weight is 391 g/mol. The zero-order valence-electron chi connectivity index (χ0n) is 18.8. The third-order valence-electron chi connectivity index (χ3n) is 8.41. The number of piperazine rings is 1. The summed E-state index contributed by atoms with van der Waals surface area (Å²) in [6.45, 7) is 13.1. The first kappa shape index (κ1) is 21.1. The van der Waals surface area contributed by atoms with Crippen LogP contribution in [0.2, 0.25) is 0 Å². The van der Waals surface area contributed by atoms with Crippen molar-refractivity contribution in [2.45, 2.75) is 90.6 Å². The quantitative estimate of drug-likeness (QED) is 0.451. The number of nitrogens with zero attached hydrogens (tertiary/aromatic N) is 2. The standard InChI is InChI=1S/C25H46N2O/c1-21(2)28-14-6-4-3-5-8-26-10-12-27(13-11-26)9-7-25-18-22-15-23(19-25)17-24(16-22)20-25/h21-24H,3-20H2,1-2H3. The maximum absolute atomic E-state index is 5.63. The Morgan fingerprint density at radius 1 is 0.750 bits per heavy atom. The first-order valence-electron chi connectivity index (χ1n) is 12.7. The summed E-state index contributed by atoms with van der Waals surface area (Å²) in [7, 11) is 0. The van der Waals surface area contributed by atoms with Crippen LogP contribution in [0.25, 0.3) is 0 Å². The molecule has 0 N–H and O–H groups in total. The molecule has 1 heterocycles. The monoisotopic (exact) mass is 390 g/mol. The van der Waals surface area contributed by atoms with Gasteiger partial charge in [0, 0.05) is 32.8 Å². The van der Waals surface area contributed by atoms with Gasteiger partial charge in [-0.05, 0) is 108 Å². The number of hydrogen-bond donors (Lipinski definition) is 0. The van der Waals surface area contributed by atoms with Gasteiger partial charge < -0.3 is 14.5 Å². The molecule has 162 valence electrons. The Bertz CT molecular complexity index is 434. The minimum Gasteiger partial charge on any atom is -0.379 e. The maximum atomic E-state index is 5.63. The third-order valence-corrected chi connectivity index (χ3v) is 8.41. The molecule has 0 atom stereocenters. The Labute approximate surface area is 174 Å². The van der Waals surface area contributed by atoms with Gasteiger partial charge in [-0.2, -0.15) is 0 Å². The summed E-state index contributed by atoms with van der Waals surface area (Å²) in [6, 6.07) is 0. The van der Waals surface area contributed by atoms with Gasteiger partial charge in [0.1, 0.15) is 0 Å². The molecule has 4 aliphatic carbocycles. The first-order valence-corrected chi connectivity index (χ1v) is 12.7. The van der Waals surface area contributed by atoms with Gasteiger partial charge in [-0.1, -0.05) is 12.8 Å². The van der Waals surface area contributed by atoms with Gasteiger partial charge in [0.25, 0.3) is 0 Å². The Kier molecular flexibility index (Phi) is 7.39. The fourth-order valence-corrected chi connectivity index (χ4v) is 7.34. The predicted molar refractivity (Wildman–Crippen MR) is 118 cm³/mol. The molecule has 28 heavy (non-hydrogen) atoms. The zero-order valence-corrected chi connectivity index (χ0v) is 18.8. The number of ether oxygens (including phenoxy) is 1. The Balaban J connectivity index is 1.06. The zero-order chi connectivity index (χ0) is 19.4. The van der Waals surface area contributed by atoms with Crippen LogP contribution in [0.4, 0.5) is 0 Å². The van der Waals surface area contributed by atoms with E-state index in [9.17, 15) is 0 Å². The van der Waals surface area contributed by atoms with Crippen molar-refractivity contribution in [3.8, 4) is 0 Å². The highest BCUT2D eigenvalue weighted by molar-refractivity contribution is 5.01. The van der Waals surface area contributed by atoms with Crippen LogP contribution >= 0.6 is 0 Å². The van der Waals surface area contributed by atoms with E-state index >= 15 is 0 Å². The molecule has 0 spiro atoms. The van der Waals surface area contributed by atoms with Crippen molar-refractivity contribution >= 4 is 0 Å². The second-order valence-electron chi connectivity index (χ2n) is 11.2. The fraction of sp³-hybridized carbons (Fsp3) is 1.00. The van der Waals surface area contributed by atoms with Crippen LogP contribution in [-0.4, -0.2) is 61.8 Å². The number of unbranched alkanes of at least 4 members (excludes halogenated alkanes) is 3. The topological polar surface area (TPSA) is 15.7 Å². The molecule has 0 radical (unpaired) electrons. The largest absolute Gasteiger partial charge is 0.379 e. The van der Waals surface area contributed by atoms with Crippen LogP contribution in [-0.2, 0) is 4.74 Å². The predicted octanol–water partition coefficient (Wildman–Crippen LogP) is 5.20.